The average molecular weight is 307 g/mol. The smallest absolute Gasteiger partial charge is 0.191 e. The molecule has 0 atom stereocenters. The Kier molecular flexibility index (Phi) is 5.32. The summed E-state index contributed by atoms with van der Waals surface area (Å²) in [5.74, 6) is 1.61. The standard InChI is InChI=1S/C14H21N5OS/c1-5-15-14(17-7-12-6-16-11(4)21-12)18-8-13-9(2)19-20-10(13)3/h6H,5,7-8H2,1-4H3,(H2,15,17,18). The van der Waals surface area contributed by atoms with Gasteiger partial charge in [-0.1, -0.05) is 5.16 Å². The molecule has 0 spiro atoms. The molecule has 0 aromatic carbocycles. The predicted octanol–water partition coefficient (Wildman–Crippen LogP) is 2.31. The maximum atomic E-state index is 5.15. The Hall–Kier alpha value is -1.89. The van der Waals surface area contributed by atoms with E-state index >= 15 is 0 Å². The van der Waals surface area contributed by atoms with Crippen LogP contribution >= 0.6 is 11.3 Å². The van der Waals surface area contributed by atoms with Crippen LogP contribution in [0.15, 0.2) is 15.7 Å². The summed E-state index contributed by atoms with van der Waals surface area (Å²) in [5.41, 5.74) is 1.94. The van der Waals surface area contributed by atoms with Crippen molar-refractivity contribution in [1.29, 1.82) is 0 Å². The molecular weight excluding hydrogens is 286 g/mol. The lowest BCUT2D eigenvalue weighted by atomic mass is 10.2. The number of aryl methyl sites for hydroxylation is 3. The Morgan fingerprint density at radius 2 is 2.14 bits per heavy atom. The van der Waals surface area contributed by atoms with Crippen molar-refractivity contribution in [1.82, 2.24) is 20.8 Å². The molecule has 2 N–H and O–H groups in total. The first kappa shape index (κ1) is 15.5. The fraction of sp³-hybridized carbons (Fsp3) is 0.500. The molecule has 114 valence electrons. The third-order valence-corrected chi connectivity index (χ3v) is 3.93. The van der Waals surface area contributed by atoms with E-state index in [1.54, 1.807) is 11.3 Å². The number of thiazole rings is 1. The van der Waals surface area contributed by atoms with Gasteiger partial charge in [0.05, 0.1) is 23.8 Å². The molecule has 0 aliphatic rings. The fourth-order valence-electron chi connectivity index (χ4n) is 1.89. The summed E-state index contributed by atoms with van der Waals surface area (Å²) in [5, 5.41) is 11.6. The first-order valence-corrected chi connectivity index (χ1v) is 7.77. The molecular formula is C14H21N5OS. The minimum atomic E-state index is 0.554. The Labute approximate surface area is 128 Å². The lowest BCUT2D eigenvalue weighted by Crippen LogP contribution is -2.36. The SMILES string of the molecule is CCNC(=NCc1c(C)noc1C)NCc1cnc(C)s1. The number of hydrogen-bond acceptors (Lipinski definition) is 5. The molecule has 2 heterocycles. The Morgan fingerprint density at radius 1 is 1.33 bits per heavy atom. The van der Waals surface area contributed by atoms with E-state index in [4.69, 9.17) is 4.52 Å². The van der Waals surface area contributed by atoms with Gasteiger partial charge in [0.25, 0.3) is 0 Å². The molecule has 0 radical (unpaired) electrons. The van der Waals surface area contributed by atoms with Crippen molar-refractivity contribution in [3.8, 4) is 0 Å². The van der Waals surface area contributed by atoms with Crippen molar-refractivity contribution in [2.45, 2.75) is 40.8 Å². The normalized spacial score (nSPS) is 11.7. The van der Waals surface area contributed by atoms with E-state index in [1.165, 1.54) is 4.88 Å². The van der Waals surface area contributed by atoms with Gasteiger partial charge >= 0.3 is 0 Å². The van der Waals surface area contributed by atoms with Crippen LogP contribution in [-0.2, 0) is 13.1 Å². The van der Waals surface area contributed by atoms with Gasteiger partial charge in [-0.05, 0) is 27.7 Å². The number of guanidine groups is 1. The van der Waals surface area contributed by atoms with Gasteiger partial charge in [0.2, 0.25) is 0 Å². The van der Waals surface area contributed by atoms with E-state index in [0.29, 0.717) is 6.54 Å². The first-order valence-electron chi connectivity index (χ1n) is 6.95. The topological polar surface area (TPSA) is 75.3 Å². The number of nitrogens with one attached hydrogen (secondary N) is 2. The summed E-state index contributed by atoms with van der Waals surface area (Å²) in [6.07, 6.45) is 1.89. The van der Waals surface area contributed by atoms with E-state index in [1.807, 2.05) is 33.9 Å². The molecule has 21 heavy (non-hydrogen) atoms. The summed E-state index contributed by atoms with van der Waals surface area (Å²) in [4.78, 5) is 10.0. The Bertz CT molecular complexity index is 597. The van der Waals surface area contributed by atoms with Crippen molar-refractivity contribution < 1.29 is 4.52 Å². The molecule has 2 aromatic rings. The molecule has 2 aromatic heterocycles. The number of aliphatic imine (C=N–C) groups is 1. The van der Waals surface area contributed by atoms with Gasteiger partial charge < -0.3 is 15.2 Å². The first-order chi connectivity index (χ1) is 10.1. The van der Waals surface area contributed by atoms with E-state index in [9.17, 15) is 0 Å². The molecule has 0 bridgehead atoms. The minimum absolute atomic E-state index is 0.554. The summed E-state index contributed by atoms with van der Waals surface area (Å²) in [6.45, 7) is 9.98. The van der Waals surface area contributed by atoms with Crippen molar-refractivity contribution in [3.05, 3.63) is 33.1 Å². The second-order valence-electron chi connectivity index (χ2n) is 4.70. The quantitative estimate of drug-likeness (QED) is 0.655. The highest BCUT2D eigenvalue weighted by atomic mass is 32.1. The van der Waals surface area contributed by atoms with Crippen LogP contribution in [0.25, 0.3) is 0 Å². The minimum Gasteiger partial charge on any atom is -0.361 e. The van der Waals surface area contributed by atoms with Gasteiger partial charge in [-0.2, -0.15) is 0 Å². The number of hydrogen-bond donors (Lipinski definition) is 2. The summed E-state index contributed by atoms with van der Waals surface area (Å²) < 4.78 is 5.15. The number of nitrogens with zero attached hydrogens (tertiary/aromatic N) is 3. The van der Waals surface area contributed by atoms with Crippen LogP contribution < -0.4 is 10.6 Å². The van der Waals surface area contributed by atoms with E-state index in [2.05, 4.69) is 25.8 Å². The molecule has 6 nitrogen and oxygen atoms in total. The molecule has 7 heteroatoms. The van der Waals surface area contributed by atoms with Gasteiger partial charge in [-0.25, -0.2) is 9.98 Å². The Balaban J connectivity index is 1.99. The lowest BCUT2D eigenvalue weighted by molar-refractivity contribution is 0.392. The summed E-state index contributed by atoms with van der Waals surface area (Å²) in [7, 11) is 0. The highest BCUT2D eigenvalue weighted by Crippen LogP contribution is 2.13. The van der Waals surface area contributed by atoms with Gasteiger partial charge in [0.1, 0.15) is 5.76 Å². The van der Waals surface area contributed by atoms with Crippen molar-refractivity contribution >= 4 is 17.3 Å². The zero-order valence-corrected chi connectivity index (χ0v) is 13.7. The third-order valence-electron chi connectivity index (χ3n) is 3.02. The van der Waals surface area contributed by atoms with Crippen LogP contribution in [0.2, 0.25) is 0 Å². The summed E-state index contributed by atoms with van der Waals surface area (Å²) in [6, 6.07) is 0. The molecule has 0 saturated carbocycles. The van der Waals surface area contributed by atoms with Crippen LogP contribution in [0.3, 0.4) is 0 Å². The molecule has 0 saturated heterocycles. The summed E-state index contributed by atoms with van der Waals surface area (Å²) >= 11 is 1.69. The fourth-order valence-corrected chi connectivity index (χ4v) is 2.62. The van der Waals surface area contributed by atoms with Gasteiger partial charge in [0, 0.05) is 23.2 Å². The van der Waals surface area contributed by atoms with Crippen LogP contribution in [0.5, 0.6) is 0 Å². The maximum absolute atomic E-state index is 5.15. The van der Waals surface area contributed by atoms with Crippen molar-refractivity contribution in [2.24, 2.45) is 4.99 Å². The zero-order chi connectivity index (χ0) is 15.2. The van der Waals surface area contributed by atoms with Crippen LogP contribution in [0, 0.1) is 20.8 Å². The molecule has 2 rings (SSSR count). The third kappa shape index (κ3) is 4.29. The number of rotatable bonds is 5. The second-order valence-corrected chi connectivity index (χ2v) is 6.02. The van der Waals surface area contributed by atoms with Gasteiger partial charge in [0.15, 0.2) is 5.96 Å². The van der Waals surface area contributed by atoms with Crippen molar-refractivity contribution in [3.63, 3.8) is 0 Å². The van der Waals surface area contributed by atoms with Crippen LogP contribution in [0.1, 0.15) is 33.8 Å². The number of aromatic nitrogens is 2. The second kappa shape index (κ2) is 7.21. The van der Waals surface area contributed by atoms with Crippen molar-refractivity contribution in [2.75, 3.05) is 6.54 Å². The largest absolute Gasteiger partial charge is 0.361 e. The van der Waals surface area contributed by atoms with E-state index < -0.39 is 0 Å². The van der Waals surface area contributed by atoms with Gasteiger partial charge in [-0.3, -0.25) is 0 Å². The molecule has 0 unspecified atom stereocenters. The Morgan fingerprint density at radius 3 is 2.71 bits per heavy atom. The molecule has 0 fully saturated rings. The highest BCUT2D eigenvalue weighted by molar-refractivity contribution is 7.11. The van der Waals surface area contributed by atoms with Crippen LogP contribution in [0.4, 0.5) is 0 Å². The molecule has 0 aliphatic carbocycles. The average Bonchev–Trinajstić information content (AvgIpc) is 3.00. The van der Waals surface area contributed by atoms with E-state index in [0.717, 1.165) is 41.1 Å². The lowest BCUT2D eigenvalue weighted by Gasteiger charge is -2.10. The molecule has 0 aliphatic heterocycles. The van der Waals surface area contributed by atoms with E-state index in [-0.39, 0.29) is 0 Å². The van der Waals surface area contributed by atoms with Gasteiger partial charge in [-0.15, -0.1) is 11.3 Å². The van der Waals surface area contributed by atoms with Crippen LogP contribution in [-0.4, -0.2) is 22.6 Å². The highest BCUT2D eigenvalue weighted by Gasteiger charge is 2.08. The zero-order valence-electron chi connectivity index (χ0n) is 12.9. The monoisotopic (exact) mass is 307 g/mol. The predicted molar refractivity (Wildman–Crippen MR) is 84.5 cm³/mol. The maximum Gasteiger partial charge on any atom is 0.191 e. The molecule has 0 amide bonds.